The van der Waals surface area contributed by atoms with Crippen molar-refractivity contribution in [1.82, 2.24) is 10.3 Å². The predicted molar refractivity (Wildman–Crippen MR) is 52.9 cm³/mol. The SMILES string of the molecule is CCCC(=O)NCCc1ncc(C)o1. The van der Waals surface area contributed by atoms with Crippen molar-refractivity contribution in [3.8, 4) is 0 Å². The highest BCUT2D eigenvalue weighted by Gasteiger charge is 2.02. The van der Waals surface area contributed by atoms with Crippen molar-refractivity contribution >= 4 is 5.91 Å². The summed E-state index contributed by atoms with van der Waals surface area (Å²) in [7, 11) is 0. The molecule has 4 nitrogen and oxygen atoms in total. The Morgan fingerprint density at radius 1 is 1.64 bits per heavy atom. The molecule has 0 atom stereocenters. The standard InChI is InChI=1S/C10H16N2O2/c1-3-4-9(13)11-6-5-10-12-7-8(2)14-10/h7H,3-6H2,1-2H3,(H,11,13). The number of aryl methyl sites for hydroxylation is 1. The number of aromatic nitrogens is 1. The summed E-state index contributed by atoms with van der Waals surface area (Å²) in [6, 6.07) is 0. The average Bonchev–Trinajstić information content (AvgIpc) is 2.52. The fourth-order valence-corrected chi connectivity index (χ4v) is 1.14. The van der Waals surface area contributed by atoms with Gasteiger partial charge in [-0.1, -0.05) is 6.92 Å². The van der Waals surface area contributed by atoms with E-state index >= 15 is 0 Å². The van der Waals surface area contributed by atoms with E-state index in [1.54, 1.807) is 6.20 Å². The second-order valence-electron chi connectivity index (χ2n) is 3.21. The predicted octanol–water partition coefficient (Wildman–Crippen LogP) is 1.44. The van der Waals surface area contributed by atoms with Crippen LogP contribution in [-0.4, -0.2) is 17.4 Å². The van der Waals surface area contributed by atoms with Gasteiger partial charge in [0.1, 0.15) is 5.76 Å². The zero-order valence-corrected chi connectivity index (χ0v) is 8.67. The van der Waals surface area contributed by atoms with E-state index in [1.807, 2.05) is 13.8 Å². The van der Waals surface area contributed by atoms with Crippen LogP contribution < -0.4 is 5.32 Å². The Kier molecular flexibility index (Phi) is 4.16. The van der Waals surface area contributed by atoms with Crippen LogP contribution in [0, 0.1) is 6.92 Å². The van der Waals surface area contributed by atoms with Crippen LogP contribution in [0.25, 0.3) is 0 Å². The third-order valence-electron chi connectivity index (χ3n) is 1.81. The smallest absolute Gasteiger partial charge is 0.219 e. The highest BCUT2D eigenvalue weighted by atomic mass is 16.4. The van der Waals surface area contributed by atoms with Gasteiger partial charge in [0.25, 0.3) is 0 Å². The maximum atomic E-state index is 11.1. The van der Waals surface area contributed by atoms with Gasteiger partial charge >= 0.3 is 0 Å². The largest absolute Gasteiger partial charge is 0.446 e. The molecule has 4 heteroatoms. The van der Waals surface area contributed by atoms with Crippen molar-refractivity contribution in [2.24, 2.45) is 0 Å². The average molecular weight is 196 g/mol. The van der Waals surface area contributed by atoms with Crippen LogP contribution in [0.15, 0.2) is 10.6 Å². The lowest BCUT2D eigenvalue weighted by Crippen LogP contribution is -2.25. The van der Waals surface area contributed by atoms with Crippen LogP contribution in [0.1, 0.15) is 31.4 Å². The number of amides is 1. The van der Waals surface area contributed by atoms with Gasteiger partial charge in [-0.25, -0.2) is 4.98 Å². The minimum Gasteiger partial charge on any atom is -0.446 e. The Hall–Kier alpha value is -1.32. The number of rotatable bonds is 5. The lowest BCUT2D eigenvalue weighted by Gasteiger charge is -2.01. The van der Waals surface area contributed by atoms with Gasteiger partial charge in [-0.3, -0.25) is 4.79 Å². The summed E-state index contributed by atoms with van der Waals surface area (Å²) < 4.78 is 5.26. The van der Waals surface area contributed by atoms with Crippen LogP contribution in [0.4, 0.5) is 0 Å². The van der Waals surface area contributed by atoms with E-state index in [2.05, 4.69) is 10.3 Å². The fourth-order valence-electron chi connectivity index (χ4n) is 1.14. The van der Waals surface area contributed by atoms with E-state index in [4.69, 9.17) is 4.42 Å². The Bertz CT molecular complexity index is 294. The van der Waals surface area contributed by atoms with Crippen LogP contribution in [0.3, 0.4) is 0 Å². The topological polar surface area (TPSA) is 55.1 Å². The normalized spacial score (nSPS) is 10.1. The highest BCUT2D eigenvalue weighted by molar-refractivity contribution is 5.75. The van der Waals surface area contributed by atoms with Crippen molar-refractivity contribution < 1.29 is 9.21 Å². The van der Waals surface area contributed by atoms with E-state index < -0.39 is 0 Å². The van der Waals surface area contributed by atoms with Gasteiger partial charge in [0.05, 0.1) is 6.20 Å². The number of carbonyl (C=O) groups excluding carboxylic acids is 1. The van der Waals surface area contributed by atoms with E-state index in [9.17, 15) is 4.79 Å². The molecule has 0 radical (unpaired) electrons. The molecule has 78 valence electrons. The first kappa shape index (κ1) is 10.8. The minimum absolute atomic E-state index is 0.0933. The van der Waals surface area contributed by atoms with E-state index in [1.165, 1.54) is 0 Å². The number of hydrogen-bond donors (Lipinski definition) is 1. The molecule has 1 amide bonds. The second kappa shape index (κ2) is 5.42. The molecule has 0 saturated heterocycles. The van der Waals surface area contributed by atoms with Crippen molar-refractivity contribution in [2.45, 2.75) is 33.1 Å². The molecule has 1 rings (SSSR count). The van der Waals surface area contributed by atoms with Crippen LogP contribution >= 0.6 is 0 Å². The molecule has 0 aliphatic heterocycles. The number of carbonyl (C=O) groups is 1. The van der Waals surface area contributed by atoms with Crippen LogP contribution in [0.2, 0.25) is 0 Å². The van der Waals surface area contributed by atoms with Gasteiger partial charge in [-0.05, 0) is 13.3 Å². The Labute approximate surface area is 83.7 Å². The summed E-state index contributed by atoms with van der Waals surface area (Å²) in [6.45, 7) is 4.43. The number of oxazole rings is 1. The number of nitrogens with one attached hydrogen (secondary N) is 1. The first-order valence-electron chi connectivity index (χ1n) is 4.90. The lowest BCUT2D eigenvalue weighted by atomic mass is 10.3. The molecule has 0 aliphatic rings. The highest BCUT2D eigenvalue weighted by Crippen LogP contribution is 2.01. The molecule has 1 N–H and O–H groups in total. The molecule has 0 aromatic carbocycles. The Balaban J connectivity index is 2.18. The summed E-state index contributed by atoms with van der Waals surface area (Å²) in [5.74, 6) is 1.58. The van der Waals surface area contributed by atoms with Crippen molar-refractivity contribution in [1.29, 1.82) is 0 Å². The molecule has 14 heavy (non-hydrogen) atoms. The Morgan fingerprint density at radius 3 is 3.00 bits per heavy atom. The van der Waals surface area contributed by atoms with Crippen molar-refractivity contribution in [2.75, 3.05) is 6.54 Å². The van der Waals surface area contributed by atoms with Crippen LogP contribution in [-0.2, 0) is 11.2 Å². The molecule has 0 aliphatic carbocycles. The Morgan fingerprint density at radius 2 is 2.43 bits per heavy atom. The number of hydrogen-bond acceptors (Lipinski definition) is 3. The molecule has 0 spiro atoms. The summed E-state index contributed by atoms with van der Waals surface area (Å²) in [5, 5.41) is 2.80. The van der Waals surface area contributed by atoms with Gasteiger partial charge in [-0.15, -0.1) is 0 Å². The third-order valence-corrected chi connectivity index (χ3v) is 1.81. The molecule has 1 heterocycles. The molecule has 0 fully saturated rings. The summed E-state index contributed by atoms with van der Waals surface area (Å²) in [4.78, 5) is 15.1. The van der Waals surface area contributed by atoms with E-state index in [0.29, 0.717) is 25.3 Å². The van der Waals surface area contributed by atoms with Crippen LogP contribution in [0.5, 0.6) is 0 Å². The minimum atomic E-state index is 0.0933. The van der Waals surface area contributed by atoms with Gasteiger partial charge < -0.3 is 9.73 Å². The molecule has 0 saturated carbocycles. The molecule has 0 unspecified atom stereocenters. The van der Waals surface area contributed by atoms with Gasteiger partial charge in [0, 0.05) is 19.4 Å². The maximum Gasteiger partial charge on any atom is 0.219 e. The summed E-state index contributed by atoms with van der Waals surface area (Å²) in [6.07, 6.45) is 3.81. The second-order valence-corrected chi connectivity index (χ2v) is 3.21. The van der Waals surface area contributed by atoms with Gasteiger partial charge in [-0.2, -0.15) is 0 Å². The van der Waals surface area contributed by atoms with Crippen molar-refractivity contribution in [3.63, 3.8) is 0 Å². The molecule has 0 bridgehead atoms. The summed E-state index contributed by atoms with van der Waals surface area (Å²) in [5.41, 5.74) is 0. The molecular weight excluding hydrogens is 180 g/mol. The molecule has 1 aromatic rings. The molecule has 1 aromatic heterocycles. The number of nitrogens with zero attached hydrogens (tertiary/aromatic N) is 1. The third kappa shape index (κ3) is 3.60. The van der Waals surface area contributed by atoms with Crippen molar-refractivity contribution in [3.05, 3.63) is 17.8 Å². The monoisotopic (exact) mass is 196 g/mol. The zero-order chi connectivity index (χ0) is 10.4. The van der Waals surface area contributed by atoms with E-state index in [-0.39, 0.29) is 5.91 Å². The maximum absolute atomic E-state index is 11.1. The first-order valence-corrected chi connectivity index (χ1v) is 4.90. The zero-order valence-electron chi connectivity index (χ0n) is 8.67. The molecular formula is C10H16N2O2. The van der Waals surface area contributed by atoms with Gasteiger partial charge in [0.15, 0.2) is 5.89 Å². The first-order chi connectivity index (χ1) is 6.72. The van der Waals surface area contributed by atoms with E-state index in [0.717, 1.165) is 12.2 Å². The lowest BCUT2D eigenvalue weighted by molar-refractivity contribution is -0.121. The summed E-state index contributed by atoms with van der Waals surface area (Å²) >= 11 is 0. The fraction of sp³-hybridized carbons (Fsp3) is 0.600. The van der Waals surface area contributed by atoms with Gasteiger partial charge in [0.2, 0.25) is 5.91 Å². The quantitative estimate of drug-likeness (QED) is 0.775.